The Morgan fingerprint density at radius 2 is 2.36 bits per heavy atom. The van der Waals surface area contributed by atoms with E-state index in [1.54, 1.807) is 18.3 Å². The molecule has 0 saturated heterocycles. The minimum absolute atomic E-state index is 0.441. The van der Waals surface area contributed by atoms with Gasteiger partial charge in [-0.2, -0.15) is 0 Å². The zero-order valence-electron chi connectivity index (χ0n) is 8.08. The van der Waals surface area contributed by atoms with Gasteiger partial charge in [0.15, 0.2) is 0 Å². The number of amides is 1. The molecule has 0 bridgehead atoms. The second-order valence-electron chi connectivity index (χ2n) is 2.82. The van der Waals surface area contributed by atoms with Gasteiger partial charge < -0.3 is 16.4 Å². The van der Waals surface area contributed by atoms with Gasteiger partial charge in [-0.1, -0.05) is 0 Å². The molecule has 14 heavy (non-hydrogen) atoms. The third kappa shape index (κ3) is 3.02. The summed E-state index contributed by atoms with van der Waals surface area (Å²) in [5, 5.41) is 6.05. The number of carbonyl (C=O) groups is 1. The molecule has 1 aromatic rings. The average molecular weight is 194 g/mol. The molecule has 76 valence electrons. The van der Waals surface area contributed by atoms with Gasteiger partial charge in [0.25, 0.3) is 0 Å². The van der Waals surface area contributed by atoms with E-state index in [0.29, 0.717) is 11.4 Å². The molecule has 1 rings (SSSR count). The number of nitrogens with zero attached hydrogens (tertiary/aromatic N) is 1. The van der Waals surface area contributed by atoms with Gasteiger partial charge in [-0.3, -0.25) is 4.79 Å². The number of likely N-dealkylation sites (N-methyl/N-ethyl adjacent to an activating group) is 1. The van der Waals surface area contributed by atoms with Gasteiger partial charge in [-0.05, 0) is 19.2 Å². The summed E-state index contributed by atoms with van der Waals surface area (Å²) in [6, 6.07) is 3.23. The maximum absolute atomic E-state index is 10.8. The van der Waals surface area contributed by atoms with Crippen molar-refractivity contribution < 1.29 is 4.79 Å². The van der Waals surface area contributed by atoms with E-state index in [1.807, 2.05) is 7.05 Å². The first-order valence-electron chi connectivity index (χ1n) is 4.38. The third-order valence-electron chi connectivity index (χ3n) is 1.73. The summed E-state index contributed by atoms with van der Waals surface area (Å²) in [6.07, 6.45) is 1.56. The van der Waals surface area contributed by atoms with Crippen LogP contribution in [-0.2, 0) is 0 Å². The summed E-state index contributed by atoms with van der Waals surface area (Å²) in [6.45, 7) is 1.59. The van der Waals surface area contributed by atoms with E-state index in [4.69, 9.17) is 5.73 Å². The molecular weight excluding hydrogens is 180 g/mol. The lowest BCUT2D eigenvalue weighted by atomic mass is 10.2. The van der Waals surface area contributed by atoms with Gasteiger partial charge in [0, 0.05) is 24.8 Å². The Bertz CT molecular complexity index is 313. The standard InChI is InChI=1S/C9H14N4O/c1-11-4-5-13-8-6-7(9(10)14)2-3-12-8/h2-3,6,11H,4-5H2,1H3,(H2,10,14)(H,12,13). The number of pyridine rings is 1. The normalized spacial score (nSPS) is 9.79. The Morgan fingerprint density at radius 3 is 3.00 bits per heavy atom. The van der Waals surface area contributed by atoms with Crippen LogP contribution in [0.2, 0.25) is 0 Å². The predicted molar refractivity (Wildman–Crippen MR) is 55.2 cm³/mol. The molecule has 0 aliphatic carbocycles. The monoisotopic (exact) mass is 194 g/mol. The van der Waals surface area contributed by atoms with Crippen LogP contribution in [0.25, 0.3) is 0 Å². The maximum atomic E-state index is 10.8. The van der Waals surface area contributed by atoms with E-state index in [-0.39, 0.29) is 0 Å². The van der Waals surface area contributed by atoms with Gasteiger partial charge in [0.05, 0.1) is 0 Å². The summed E-state index contributed by atoms with van der Waals surface area (Å²) < 4.78 is 0. The summed E-state index contributed by atoms with van der Waals surface area (Å²) in [5.74, 6) is 0.223. The summed E-state index contributed by atoms with van der Waals surface area (Å²) in [4.78, 5) is 14.9. The summed E-state index contributed by atoms with van der Waals surface area (Å²) in [7, 11) is 1.87. The Morgan fingerprint density at radius 1 is 1.57 bits per heavy atom. The van der Waals surface area contributed by atoms with E-state index >= 15 is 0 Å². The number of hydrogen-bond donors (Lipinski definition) is 3. The van der Waals surface area contributed by atoms with Crippen LogP contribution in [0.4, 0.5) is 5.82 Å². The number of hydrogen-bond acceptors (Lipinski definition) is 4. The molecule has 0 radical (unpaired) electrons. The van der Waals surface area contributed by atoms with E-state index in [0.717, 1.165) is 13.1 Å². The van der Waals surface area contributed by atoms with Crippen LogP contribution in [-0.4, -0.2) is 31.0 Å². The number of rotatable bonds is 5. The molecule has 0 aliphatic rings. The summed E-state index contributed by atoms with van der Waals surface area (Å²) >= 11 is 0. The Hall–Kier alpha value is -1.62. The van der Waals surface area contributed by atoms with Crippen molar-refractivity contribution in [3.63, 3.8) is 0 Å². The van der Waals surface area contributed by atoms with Crippen LogP contribution >= 0.6 is 0 Å². The molecule has 0 saturated carbocycles. The first-order chi connectivity index (χ1) is 6.74. The van der Waals surface area contributed by atoms with Crippen molar-refractivity contribution in [3.05, 3.63) is 23.9 Å². The predicted octanol–water partition coefficient (Wildman–Crippen LogP) is -0.188. The molecule has 0 aromatic carbocycles. The van der Waals surface area contributed by atoms with Crippen LogP contribution in [0.3, 0.4) is 0 Å². The lowest BCUT2D eigenvalue weighted by Crippen LogP contribution is -2.18. The van der Waals surface area contributed by atoms with Crippen LogP contribution in [0.5, 0.6) is 0 Å². The fraction of sp³-hybridized carbons (Fsp3) is 0.333. The Labute approximate surface area is 82.7 Å². The van der Waals surface area contributed by atoms with Gasteiger partial charge in [0.1, 0.15) is 5.82 Å². The first-order valence-corrected chi connectivity index (χ1v) is 4.38. The maximum Gasteiger partial charge on any atom is 0.248 e. The van der Waals surface area contributed by atoms with Crippen molar-refractivity contribution in [2.75, 3.05) is 25.5 Å². The van der Waals surface area contributed by atoms with Crippen molar-refractivity contribution in [2.24, 2.45) is 5.73 Å². The van der Waals surface area contributed by atoms with Gasteiger partial charge in [-0.15, -0.1) is 0 Å². The molecule has 0 spiro atoms. The molecule has 5 heteroatoms. The number of aromatic nitrogens is 1. The Kier molecular flexibility index (Phi) is 3.87. The molecular formula is C9H14N4O. The largest absolute Gasteiger partial charge is 0.369 e. The highest BCUT2D eigenvalue weighted by Crippen LogP contribution is 2.05. The fourth-order valence-corrected chi connectivity index (χ4v) is 0.996. The van der Waals surface area contributed by atoms with Gasteiger partial charge >= 0.3 is 0 Å². The molecule has 0 fully saturated rings. The molecule has 1 amide bonds. The number of primary amides is 1. The lowest BCUT2D eigenvalue weighted by Gasteiger charge is -2.05. The van der Waals surface area contributed by atoms with Crippen LogP contribution in [0, 0.1) is 0 Å². The topological polar surface area (TPSA) is 80.0 Å². The van der Waals surface area contributed by atoms with E-state index in [2.05, 4.69) is 15.6 Å². The second kappa shape index (κ2) is 5.18. The molecule has 0 unspecified atom stereocenters. The molecule has 1 aromatic heterocycles. The van der Waals surface area contributed by atoms with E-state index in [1.165, 1.54) is 0 Å². The number of carbonyl (C=O) groups excluding carboxylic acids is 1. The molecule has 4 N–H and O–H groups in total. The van der Waals surface area contributed by atoms with Crippen LogP contribution in [0.1, 0.15) is 10.4 Å². The van der Waals surface area contributed by atoms with Crippen molar-refractivity contribution in [3.8, 4) is 0 Å². The zero-order chi connectivity index (χ0) is 10.4. The van der Waals surface area contributed by atoms with E-state index < -0.39 is 5.91 Å². The highest BCUT2D eigenvalue weighted by Gasteiger charge is 2.00. The number of nitrogens with one attached hydrogen (secondary N) is 2. The quantitative estimate of drug-likeness (QED) is 0.568. The average Bonchev–Trinajstić information content (AvgIpc) is 2.19. The molecule has 0 aliphatic heterocycles. The van der Waals surface area contributed by atoms with Crippen molar-refractivity contribution in [1.29, 1.82) is 0 Å². The summed E-state index contributed by atoms with van der Waals surface area (Å²) in [5.41, 5.74) is 5.60. The van der Waals surface area contributed by atoms with Gasteiger partial charge in [-0.25, -0.2) is 4.98 Å². The van der Waals surface area contributed by atoms with Crippen molar-refractivity contribution >= 4 is 11.7 Å². The molecule has 0 atom stereocenters. The highest BCUT2D eigenvalue weighted by atomic mass is 16.1. The molecule has 1 heterocycles. The SMILES string of the molecule is CNCCNc1cc(C(N)=O)ccn1. The molecule has 5 nitrogen and oxygen atoms in total. The van der Waals surface area contributed by atoms with Crippen molar-refractivity contribution in [2.45, 2.75) is 0 Å². The lowest BCUT2D eigenvalue weighted by molar-refractivity contribution is 0.1000. The number of nitrogens with two attached hydrogens (primary N) is 1. The van der Waals surface area contributed by atoms with Crippen molar-refractivity contribution in [1.82, 2.24) is 10.3 Å². The second-order valence-corrected chi connectivity index (χ2v) is 2.82. The minimum Gasteiger partial charge on any atom is -0.369 e. The fourth-order valence-electron chi connectivity index (χ4n) is 0.996. The first kappa shape index (κ1) is 10.5. The highest BCUT2D eigenvalue weighted by molar-refractivity contribution is 5.93. The minimum atomic E-state index is -0.441. The third-order valence-corrected chi connectivity index (χ3v) is 1.73. The number of anilines is 1. The van der Waals surface area contributed by atoms with Crippen LogP contribution < -0.4 is 16.4 Å². The Balaban J connectivity index is 2.59. The van der Waals surface area contributed by atoms with E-state index in [9.17, 15) is 4.79 Å². The van der Waals surface area contributed by atoms with Crippen LogP contribution in [0.15, 0.2) is 18.3 Å². The zero-order valence-corrected chi connectivity index (χ0v) is 8.08. The van der Waals surface area contributed by atoms with Gasteiger partial charge in [0.2, 0.25) is 5.91 Å². The smallest absolute Gasteiger partial charge is 0.248 e.